The van der Waals surface area contributed by atoms with Crippen molar-refractivity contribution in [2.75, 3.05) is 0 Å². The van der Waals surface area contributed by atoms with Crippen LogP contribution in [0.5, 0.6) is 5.75 Å². The Labute approximate surface area is 174 Å². The van der Waals surface area contributed by atoms with Crippen LogP contribution < -0.4 is 9.61 Å². The Morgan fingerprint density at radius 3 is 2.23 bits per heavy atom. The van der Waals surface area contributed by atoms with E-state index in [2.05, 4.69) is 10.5 Å². The first-order valence-electron chi connectivity index (χ1n) is 8.82. The molecule has 0 unspecified atom stereocenters. The lowest BCUT2D eigenvalue weighted by Crippen LogP contribution is -2.17. The van der Waals surface area contributed by atoms with E-state index in [9.17, 15) is 13.2 Å². The molecule has 3 aromatic carbocycles. The standard InChI is InChI=1S/C22H17N3O4S/c1-16-2-12-21(13-3-16)30(27,28)29-20-10-6-18(7-11-20)15-24-25-22(26)19-8-4-17(14-23)5-9-19/h2-13,15H,1H3,(H,25,26)/b24-15+. The van der Waals surface area contributed by atoms with Gasteiger partial charge < -0.3 is 4.18 Å². The van der Waals surface area contributed by atoms with Crippen LogP contribution in [0.3, 0.4) is 0 Å². The Hall–Kier alpha value is -3.96. The molecule has 0 aromatic heterocycles. The van der Waals surface area contributed by atoms with Gasteiger partial charge in [-0.05, 0) is 73.2 Å². The molecule has 0 saturated carbocycles. The number of amides is 1. The van der Waals surface area contributed by atoms with Gasteiger partial charge in [0.05, 0.1) is 17.8 Å². The van der Waals surface area contributed by atoms with Crippen molar-refractivity contribution in [1.29, 1.82) is 5.26 Å². The van der Waals surface area contributed by atoms with Crippen molar-refractivity contribution < 1.29 is 17.4 Å². The summed E-state index contributed by atoms with van der Waals surface area (Å²) < 4.78 is 29.7. The van der Waals surface area contributed by atoms with E-state index in [1.54, 1.807) is 36.4 Å². The molecule has 0 saturated heterocycles. The Bertz CT molecular complexity index is 1210. The Balaban J connectivity index is 1.60. The highest BCUT2D eigenvalue weighted by atomic mass is 32.2. The van der Waals surface area contributed by atoms with E-state index in [1.165, 1.54) is 42.6 Å². The molecule has 0 spiro atoms. The molecule has 1 amide bonds. The molecule has 3 aromatic rings. The maximum Gasteiger partial charge on any atom is 0.339 e. The van der Waals surface area contributed by atoms with Crippen molar-refractivity contribution in [2.45, 2.75) is 11.8 Å². The number of carbonyl (C=O) groups excluding carboxylic acids is 1. The number of aryl methyl sites for hydroxylation is 1. The molecular weight excluding hydrogens is 402 g/mol. The quantitative estimate of drug-likeness (QED) is 0.374. The van der Waals surface area contributed by atoms with Crippen LogP contribution in [-0.2, 0) is 10.1 Å². The number of carbonyl (C=O) groups is 1. The number of rotatable bonds is 6. The van der Waals surface area contributed by atoms with Crippen molar-refractivity contribution in [3.63, 3.8) is 0 Å². The van der Waals surface area contributed by atoms with Crippen molar-refractivity contribution in [3.8, 4) is 11.8 Å². The first-order chi connectivity index (χ1) is 14.4. The predicted molar refractivity (Wildman–Crippen MR) is 112 cm³/mol. The zero-order chi connectivity index (χ0) is 21.6. The zero-order valence-electron chi connectivity index (χ0n) is 15.9. The van der Waals surface area contributed by atoms with E-state index in [1.807, 2.05) is 13.0 Å². The first kappa shape index (κ1) is 20.8. The van der Waals surface area contributed by atoms with Gasteiger partial charge in [0.25, 0.3) is 5.91 Å². The SMILES string of the molecule is Cc1ccc(S(=O)(=O)Oc2ccc(/C=N/NC(=O)c3ccc(C#N)cc3)cc2)cc1. The van der Waals surface area contributed by atoms with E-state index < -0.39 is 16.0 Å². The van der Waals surface area contributed by atoms with Gasteiger partial charge in [0.2, 0.25) is 0 Å². The molecule has 0 aliphatic heterocycles. The smallest absolute Gasteiger partial charge is 0.339 e. The van der Waals surface area contributed by atoms with Crippen LogP contribution in [0.1, 0.15) is 27.0 Å². The minimum Gasteiger partial charge on any atom is -0.379 e. The molecule has 3 rings (SSSR count). The van der Waals surface area contributed by atoms with Crippen LogP contribution in [-0.4, -0.2) is 20.5 Å². The van der Waals surface area contributed by atoms with Crippen molar-refractivity contribution >= 4 is 22.2 Å². The maximum atomic E-state index is 12.3. The second-order valence-electron chi connectivity index (χ2n) is 6.31. The van der Waals surface area contributed by atoms with Crippen LogP contribution in [0.4, 0.5) is 0 Å². The fourth-order valence-corrected chi connectivity index (χ4v) is 3.35. The fraction of sp³-hybridized carbons (Fsp3) is 0.0455. The normalized spacial score (nSPS) is 11.1. The predicted octanol–water partition coefficient (Wildman–Crippen LogP) is 3.40. The van der Waals surface area contributed by atoms with Gasteiger partial charge >= 0.3 is 10.1 Å². The second kappa shape index (κ2) is 9.03. The van der Waals surface area contributed by atoms with Crippen LogP contribution >= 0.6 is 0 Å². The molecule has 150 valence electrons. The van der Waals surface area contributed by atoms with Crippen molar-refractivity contribution in [2.24, 2.45) is 5.10 Å². The molecule has 0 bridgehead atoms. The highest BCUT2D eigenvalue weighted by molar-refractivity contribution is 7.87. The first-order valence-corrected chi connectivity index (χ1v) is 10.2. The van der Waals surface area contributed by atoms with Gasteiger partial charge in [-0.2, -0.15) is 18.8 Å². The maximum absolute atomic E-state index is 12.3. The zero-order valence-corrected chi connectivity index (χ0v) is 16.8. The minimum absolute atomic E-state index is 0.0734. The molecule has 0 aliphatic carbocycles. The van der Waals surface area contributed by atoms with Gasteiger partial charge in [-0.25, -0.2) is 5.43 Å². The van der Waals surface area contributed by atoms with Crippen LogP contribution in [0.15, 0.2) is 82.8 Å². The molecule has 30 heavy (non-hydrogen) atoms. The largest absolute Gasteiger partial charge is 0.379 e. The van der Waals surface area contributed by atoms with Crippen molar-refractivity contribution in [1.82, 2.24) is 5.43 Å². The van der Waals surface area contributed by atoms with Gasteiger partial charge in [0.15, 0.2) is 0 Å². The monoisotopic (exact) mass is 419 g/mol. The number of hydrazone groups is 1. The highest BCUT2D eigenvalue weighted by Gasteiger charge is 2.16. The third-order valence-electron chi connectivity index (χ3n) is 4.05. The second-order valence-corrected chi connectivity index (χ2v) is 7.85. The lowest BCUT2D eigenvalue weighted by Gasteiger charge is -2.07. The summed E-state index contributed by atoms with van der Waals surface area (Å²) >= 11 is 0. The van der Waals surface area contributed by atoms with Crippen LogP contribution in [0.25, 0.3) is 0 Å². The van der Waals surface area contributed by atoms with E-state index in [4.69, 9.17) is 9.44 Å². The minimum atomic E-state index is -3.92. The summed E-state index contributed by atoms with van der Waals surface area (Å²) in [7, 11) is -3.92. The molecule has 0 radical (unpaired) electrons. The van der Waals surface area contributed by atoms with Crippen LogP contribution in [0.2, 0.25) is 0 Å². The van der Waals surface area contributed by atoms with E-state index in [-0.39, 0.29) is 10.6 Å². The summed E-state index contributed by atoms with van der Waals surface area (Å²) in [4.78, 5) is 12.1. The average molecular weight is 419 g/mol. The summed E-state index contributed by atoms with van der Waals surface area (Å²) in [5.41, 5.74) is 4.80. The van der Waals surface area contributed by atoms with Crippen LogP contribution in [0, 0.1) is 18.3 Å². The number of nitrogens with one attached hydrogen (secondary N) is 1. The molecule has 0 aliphatic rings. The van der Waals surface area contributed by atoms with Gasteiger partial charge in [-0.1, -0.05) is 17.7 Å². The molecule has 7 nitrogen and oxygen atoms in total. The van der Waals surface area contributed by atoms with E-state index >= 15 is 0 Å². The summed E-state index contributed by atoms with van der Waals surface area (Å²) in [5, 5.41) is 12.6. The summed E-state index contributed by atoms with van der Waals surface area (Å²) in [6.45, 7) is 1.87. The molecule has 0 atom stereocenters. The Kier molecular flexibility index (Phi) is 6.25. The van der Waals surface area contributed by atoms with Gasteiger partial charge in [0, 0.05) is 5.56 Å². The molecule has 8 heteroatoms. The lowest BCUT2D eigenvalue weighted by atomic mass is 10.1. The summed E-state index contributed by atoms with van der Waals surface area (Å²) in [6.07, 6.45) is 1.42. The summed E-state index contributed by atoms with van der Waals surface area (Å²) in [5.74, 6) is -0.255. The lowest BCUT2D eigenvalue weighted by molar-refractivity contribution is 0.0955. The Morgan fingerprint density at radius 2 is 1.63 bits per heavy atom. The van der Waals surface area contributed by atoms with Gasteiger partial charge in [-0.3, -0.25) is 4.79 Å². The number of benzene rings is 3. The number of hydrogen-bond donors (Lipinski definition) is 1. The van der Waals surface area contributed by atoms with Crippen molar-refractivity contribution in [3.05, 3.63) is 95.1 Å². The van der Waals surface area contributed by atoms with E-state index in [0.29, 0.717) is 16.7 Å². The number of nitriles is 1. The molecule has 0 heterocycles. The van der Waals surface area contributed by atoms with E-state index in [0.717, 1.165) is 5.56 Å². The average Bonchev–Trinajstić information content (AvgIpc) is 2.75. The molecular formula is C22H17N3O4S. The number of hydrogen-bond acceptors (Lipinski definition) is 6. The summed E-state index contributed by atoms with van der Waals surface area (Å²) in [6, 6.07) is 20.7. The molecule has 1 N–H and O–H groups in total. The van der Waals surface area contributed by atoms with Gasteiger partial charge in [0.1, 0.15) is 10.6 Å². The molecule has 0 fully saturated rings. The topological polar surface area (TPSA) is 109 Å². The van der Waals surface area contributed by atoms with Gasteiger partial charge in [-0.15, -0.1) is 0 Å². The Morgan fingerprint density at radius 1 is 1.00 bits per heavy atom. The fourth-order valence-electron chi connectivity index (χ4n) is 2.42. The third kappa shape index (κ3) is 5.31. The highest BCUT2D eigenvalue weighted by Crippen LogP contribution is 2.19. The number of nitrogens with zero attached hydrogens (tertiary/aromatic N) is 2. The third-order valence-corrected chi connectivity index (χ3v) is 5.31.